The molecular formula is C11H16BrNO3S. The molecule has 0 aromatic heterocycles. The minimum Gasteiger partial charge on any atom is -0.491 e. The van der Waals surface area contributed by atoms with E-state index in [1.807, 2.05) is 0 Å². The molecule has 1 aromatic rings. The van der Waals surface area contributed by atoms with Gasteiger partial charge in [-0.25, -0.2) is 8.42 Å². The van der Waals surface area contributed by atoms with Crippen molar-refractivity contribution in [2.24, 2.45) is 0 Å². The van der Waals surface area contributed by atoms with Crippen molar-refractivity contribution in [2.75, 3.05) is 18.1 Å². The average Bonchev–Trinajstić information content (AvgIpc) is 2.22. The number of nitrogen functional groups attached to an aromatic ring is 1. The van der Waals surface area contributed by atoms with Gasteiger partial charge in [0, 0.05) is 11.8 Å². The van der Waals surface area contributed by atoms with Gasteiger partial charge in [0.2, 0.25) is 0 Å². The van der Waals surface area contributed by atoms with E-state index in [-0.39, 0.29) is 17.6 Å². The molecule has 1 rings (SSSR count). The molecule has 96 valence electrons. The summed E-state index contributed by atoms with van der Waals surface area (Å²) in [6.07, 6.45) is 0. The fraction of sp³-hybridized carbons (Fsp3) is 0.455. The fourth-order valence-electron chi connectivity index (χ4n) is 1.13. The largest absolute Gasteiger partial charge is 0.491 e. The molecule has 6 heteroatoms. The van der Waals surface area contributed by atoms with Crippen LogP contribution in [0.4, 0.5) is 5.69 Å². The second-order valence-electron chi connectivity index (χ2n) is 3.95. The molecule has 17 heavy (non-hydrogen) atoms. The van der Waals surface area contributed by atoms with Crippen molar-refractivity contribution in [3.8, 4) is 5.75 Å². The molecular weight excluding hydrogens is 306 g/mol. The zero-order valence-electron chi connectivity index (χ0n) is 9.81. The number of halogens is 1. The first-order valence-electron chi connectivity index (χ1n) is 5.22. The highest BCUT2D eigenvalue weighted by molar-refractivity contribution is 9.10. The maximum atomic E-state index is 11.6. The van der Waals surface area contributed by atoms with Crippen LogP contribution >= 0.6 is 15.9 Å². The highest BCUT2D eigenvalue weighted by atomic mass is 79.9. The number of anilines is 1. The summed E-state index contributed by atoms with van der Waals surface area (Å²) in [6, 6.07) is 5.16. The molecule has 0 aliphatic rings. The first kappa shape index (κ1) is 14.3. The third-order valence-electron chi connectivity index (χ3n) is 2.30. The molecule has 0 aliphatic carbocycles. The summed E-state index contributed by atoms with van der Waals surface area (Å²) in [6.45, 7) is 3.44. The second-order valence-corrected chi connectivity index (χ2v) is 7.49. The van der Waals surface area contributed by atoms with Crippen molar-refractivity contribution in [1.82, 2.24) is 0 Å². The van der Waals surface area contributed by atoms with Crippen LogP contribution in [0.15, 0.2) is 22.7 Å². The fourth-order valence-corrected chi connectivity index (χ4v) is 2.28. The van der Waals surface area contributed by atoms with E-state index in [0.717, 1.165) is 4.47 Å². The van der Waals surface area contributed by atoms with E-state index < -0.39 is 9.84 Å². The number of benzene rings is 1. The summed E-state index contributed by atoms with van der Waals surface area (Å²) >= 11 is 3.31. The predicted molar refractivity (Wildman–Crippen MR) is 73.0 cm³/mol. The van der Waals surface area contributed by atoms with Crippen molar-refractivity contribution < 1.29 is 13.2 Å². The van der Waals surface area contributed by atoms with Gasteiger partial charge in [-0.3, -0.25) is 0 Å². The summed E-state index contributed by atoms with van der Waals surface area (Å²) in [7, 11) is -3.06. The molecule has 0 fully saturated rings. The van der Waals surface area contributed by atoms with Crippen LogP contribution in [-0.2, 0) is 9.84 Å². The maximum Gasteiger partial charge on any atom is 0.155 e. The third kappa shape index (κ3) is 4.20. The van der Waals surface area contributed by atoms with Gasteiger partial charge < -0.3 is 10.5 Å². The monoisotopic (exact) mass is 321 g/mol. The van der Waals surface area contributed by atoms with Crippen molar-refractivity contribution in [3.05, 3.63) is 22.7 Å². The quantitative estimate of drug-likeness (QED) is 0.844. The number of hydrogen-bond donors (Lipinski definition) is 1. The Morgan fingerprint density at radius 1 is 1.41 bits per heavy atom. The highest BCUT2D eigenvalue weighted by Gasteiger charge is 2.16. The summed E-state index contributed by atoms with van der Waals surface area (Å²) in [5, 5.41) is -0.379. The Balaban J connectivity index is 2.60. The summed E-state index contributed by atoms with van der Waals surface area (Å²) < 4.78 is 29.3. The Morgan fingerprint density at radius 2 is 2.06 bits per heavy atom. The Bertz CT molecular complexity index is 485. The van der Waals surface area contributed by atoms with Crippen LogP contribution < -0.4 is 10.5 Å². The normalized spacial score (nSPS) is 11.8. The van der Waals surface area contributed by atoms with E-state index in [0.29, 0.717) is 11.4 Å². The van der Waals surface area contributed by atoms with E-state index in [9.17, 15) is 8.42 Å². The molecule has 0 aliphatic heterocycles. The molecule has 0 unspecified atom stereocenters. The topological polar surface area (TPSA) is 69.4 Å². The number of hydrogen-bond acceptors (Lipinski definition) is 4. The van der Waals surface area contributed by atoms with Crippen LogP contribution in [-0.4, -0.2) is 26.0 Å². The molecule has 0 heterocycles. The molecule has 0 atom stereocenters. The van der Waals surface area contributed by atoms with Crippen molar-refractivity contribution in [3.63, 3.8) is 0 Å². The Labute approximate surface area is 110 Å². The Hall–Kier alpha value is -0.750. The molecule has 0 saturated carbocycles. The van der Waals surface area contributed by atoms with Gasteiger partial charge in [-0.05, 0) is 41.9 Å². The van der Waals surface area contributed by atoms with Crippen LogP contribution in [0.1, 0.15) is 13.8 Å². The predicted octanol–water partition coefficient (Wildman–Crippen LogP) is 2.23. The SMILES string of the molecule is CC(C)S(=O)(=O)CCOc1cc(N)ccc1Br. The number of sulfone groups is 1. The lowest BCUT2D eigenvalue weighted by atomic mass is 10.3. The van der Waals surface area contributed by atoms with E-state index in [1.54, 1.807) is 32.0 Å². The lowest BCUT2D eigenvalue weighted by Gasteiger charge is -2.10. The van der Waals surface area contributed by atoms with Crippen LogP contribution in [0.3, 0.4) is 0 Å². The van der Waals surface area contributed by atoms with E-state index >= 15 is 0 Å². The molecule has 2 N–H and O–H groups in total. The van der Waals surface area contributed by atoms with Gasteiger partial charge in [-0.2, -0.15) is 0 Å². The van der Waals surface area contributed by atoms with Gasteiger partial charge in [0.15, 0.2) is 9.84 Å². The van der Waals surface area contributed by atoms with Gasteiger partial charge >= 0.3 is 0 Å². The van der Waals surface area contributed by atoms with Gasteiger partial charge in [0.25, 0.3) is 0 Å². The first-order valence-corrected chi connectivity index (χ1v) is 7.73. The van der Waals surface area contributed by atoms with Gasteiger partial charge in [-0.1, -0.05) is 0 Å². The summed E-state index contributed by atoms with van der Waals surface area (Å²) in [4.78, 5) is 0. The van der Waals surface area contributed by atoms with Gasteiger partial charge in [-0.15, -0.1) is 0 Å². The smallest absolute Gasteiger partial charge is 0.155 e. The minimum absolute atomic E-state index is 0.00586. The first-order chi connectivity index (χ1) is 7.83. The number of ether oxygens (including phenoxy) is 1. The molecule has 1 aromatic carbocycles. The molecule has 0 radical (unpaired) electrons. The summed E-state index contributed by atoms with van der Waals surface area (Å²) in [5.41, 5.74) is 6.19. The number of rotatable bonds is 5. The lowest BCUT2D eigenvalue weighted by Crippen LogP contribution is -2.22. The van der Waals surface area contributed by atoms with Crippen molar-refractivity contribution in [1.29, 1.82) is 0 Å². The number of nitrogens with two attached hydrogens (primary N) is 1. The van der Waals surface area contributed by atoms with Crippen molar-refractivity contribution in [2.45, 2.75) is 19.1 Å². The molecule has 0 spiro atoms. The average molecular weight is 322 g/mol. The standard InChI is InChI=1S/C11H16BrNO3S/c1-8(2)17(14,15)6-5-16-11-7-9(13)3-4-10(11)12/h3-4,7-8H,5-6,13H2,1-2H3. The Kier molecular flexibility index (Phi) is 4.82. The van der Waals surface area contributed by atoms with E-state index in [4.69, 9.17) is 10.5 Å². The highest BCUT2D eigenvalue weighted by Crippen LogP contribution is 2.26. The second kappa shape index (κ2) is 5.73. The molecule has 0 amide bonds. The zero-order valence-corrected chi connectivity index (χ0v) is 12.2. The van der Waals surface area contributed by atoms with Gasteiger partial charge in [0.05, 0.1) is 15.5 Å². The zero-order chi connectivity index (χ0) is 13.1. The third-order valence-corrected chi connectivity index (χ3v) is 5.13. The maximum absolute atomic E-state index is 11.6. The van der Waals surface area contributed by atoms with E-state index in [2.05, 4.69) is 15.9 Å². The van der Waals surface area contributed by atoms with E-state index in [1.165, 1.54) is 0 Å². The van der Waals surface area contributed by atoms with Crippen LogP contribution in [0.2, 0.25) is 0 Å². The molecule has 0 saturated heterocycles. The van der Waals surface area contributed by atoms with Crippen LogP contribution in [0, 0.1) is 0 Å². The lowest BCUT2D eigenvalue weighted by molar-refractivity contribution is 0.338. The van der Waals surface area contributed by atoms with Crippen molar-refractivity contribution >= 4 is 31.5 Å². The molecule has 4 nitrogen and oxygen atoms in total. The van der Waals surface area contributed by atoms with Crippen LogP contribution in [0.25, 0.3) is 0 Å². The van der Waals surface area contributed by atoms with Crippen LogP contribution in [0.5, 0.6) is 5.75 Å². The summed E-state index contributed by atoms with van der Waals surface area (Å²) in [5.74, 6) is 0.565. The van der Waals surface area contributed by atoms with Gasteiger partial charge in [0.1, 0.15) is 12.4 Å². The minimum atomic E-state index is -3.06. The molecule has 0 bridgehead atoms. The Morgan fingerprint density at radius 3 is 2.65 bits per heavy atom.